The van der Waals surface area contributed by atoms with Gasteiger partial charge in [0.2, 0.25) is 5.60 Å². The fourth-order valence-corrected chi connectivity index (χ4v) is 9.27. The highest BCUT2D eigenvalue weighted by Gasteiger charge is 2.64. The summed E-state index contributed by atoms with van der Waals surface area (Å²) in [5, 5.41) is 18.8. The van der Waals surface area contributed by atoms with Crippen molar-refractivity contribution in [3.05, 3.63) is 181 Å². The molecule has 4 atom stereocenters. The molecule has 4 unspecified atom stereocenters. The number of nitrogens with zero attached hydrogens (tertiary/aromatic N) is 2. The fourth-order valence-electron chi connectivity index (χ4n) is 7.33. The predicted octanol–water partition coefficient (Wildman–Crippen LogP) is 12.0. The van der Waals surface area contributed by atoms with Crippen molar-refractivity contribution in [1.82, 2.24) is 9.97 Å². The molecule has 358 valence electrons. The number of carboxylic acids is 1. The molecule has 4 aromatic carbocycles. The third-order valence-corrected chi connectivity index (χ3v) is 13.2. The van der Waals surface area contributed by atoms with E-state index in [4.69, 9.17) is 65.2 Å². The van der Waals surface area contributed by atoms with Crippen LogP contribution in [0.15, 0.2) is 126 Å². The summed E-state index contributed by atoms with van der Waals surface area (Å²) in [6.07, 6.45) is -8.85. The first-order valence-corrected chi connectivity index (χ1v) is 22.6. The van der Waals surface area contributed by atoms with Gasteiger partial charge >= 0.3 is 34.4 Å². The van der Waals surface area contributed by atoms with E-state index in [0.29, 0.717) is 11.1 Å². The molecule has 0 amide bonds. The van der Waals surface area contributed by atoms with Crippen molar-refractivity contribution in [2.75, 3.05) is 0 Å². The van der Waals surface area contributed by atoms with Crippen LogP contribution in [0.1, 0.15) is 69.4 Å². The Bertz CT molecular complexity index is 2950. The minimum Gasteiger partial charge on any atom is -0.489 e. The maximum Gasteiger partial charge on any atom is 0.433 e. The molecular weight excluding hydrogens is 1010 g/mol. The Morgan fingerprint density at radius 3 is 1.71 bits per heavy atom. The number of aliphatic hydroxyl groups is 1. The highest BCUT2D eigenvalue weighted by Crippen LogP contribution is 2.54. The summed E-state index contributed by atoms with van der Waals surface area (Å²) in [7, 11) is -4.80. The van der Waals surface area contributed by atoms with Crippen LogP contribution in [0.25, 0.3) is 0 Å². The zero-order valence-corrected chi connectivity index (χ0v) is 38.8. The number of esters is 1. The number of alkyl halides is 6. The van der Waals surface area contributed by atoms with Crippen LogP contribution in [0.3, 0.4) is 0 Å². The first-order chi connectivity index (χ1) is 31.8. The Balaban J connectivity index is 1.24. The Labute approximate surface area is 404 Å². The smallest absolute Gasteiger partial charge is 0.433 e. The Hall–Kier alpha value is -5.63. The van der Waals surface area contributed by atoms with Gasteiger partial charge in [0.05, 0.1) is 12.0 Å². The lowest BCUT2D eigenvalue weighted by atomic mass is 9.77. The number of ether oxygens (including phenoxy) is 2. The summed E-state index contributed by atoms with van der Waals surface area (Å²) in [5.41, 5.74) is -8.01. The minimum atomic E-state index is -5.37. The molecule has 0 spiro atoms. The van der Waals surface area contributed by atoms with Gasteiger partial charge in [-0.15, -0.1) is 0 Å². The zero-order chi connectivity index (χ0) is 50.0. The molecule has 0 saturated carbocycles. The second kappa shape index (κ2) is 20.1. The lowest BCUT2D eigenvalue weighted by Gasteiger charge is -2.40. The number of carbonyl (C=O) groups is 2. The minimum absolute atomic E-state index is 0.00375. The van der Waals surface area contributed by atoms with Crippen molar-refractivity contribution in [3.63, 3.8) is 0 Å². The van der Waals surface area contributed by atoms with E-state index in [9.17, 15) is 36.3 Å². The van der Waals surface area contributed by atoms with E-state index in [1.807, 2.05) is 0 Å². The molecule has 22 heteroatoms. The quantitative estimate of drug-likeness (QED) is 0.0411. The van der Waals surface area contributed by atoms with Crippen molar-refractivity contribution < 1.29 is 68.2 Å². The maximum absolute atomic E-state index is 15.7. The highest BCUT2D eigenvalue weighted by molar-refractivity contribution is 7.87. The van der Waals surface area contributed by atoms with E-state index < -0.39 is 89.8 Å². The summed E-state index contributed by atoms with van der Waals surface area (Å²) < 4.78 is 134. The van der Waals surface area contributed by atoms with Crippen molar-refractivity contribution in [3.8, 4) is 11.5 Å². The first kappa shape index (κ1) is 51.8. The van der Waals surface area contributed by atoms with Gasteiger partial charge in [0.25, 0.3) is 0 Å². The van der Waals surface area contributed by atoms with Gasteiger partial charge in [-0.3, -0.25) is 4.79 Å². The van der Waals surface area contributed by atoms with Crippen molar-refractivity contribution in [1.29, 1.82) is 0 Å². The monoisotopic (exact) mass is 1040 g/mol. The molecule has 0 aliphatic heterocycles. The SMILES string of the molecule is CC(c1ccc(OS(=O)(=O)c2ccc(C(=O)OC(c3ccnc(Cl)c3)(C(C)c3ccc(OCc4ccc(CC(=O)O)cc4)cc3Cl)C(F)(F)F)cc2)cc1Cl)C(O)(c1ccnc(Cl)c1)C(F)(F)F. The molecule has 2 aromatic heterocycles. The molecule has 6 rings (SSSR count). The van der Waals surface area contributed by atoms with Crippen LogP contribution in [0.5, 0.6) is 11.5 Å². The third kappa shape index (κ3) is 11.0. The van der Waals surface area contributed by atoms with E-state index in [1.54, 1.807) is 24.3 Å². The van der Waals surface area contributed by atoms with Gasteiger partial charge < -0.3 is 23.9 Å². The van der Waals surface area contributed by atoms with Crippen molar-refractivity contribution in [2.45, 2.75) is 67.2 Å². The molecule has 0 aliphatic carbocycles. The van der Waals surface area contributed by atoms with Gasteiger partial charge in [0, 0.05) is 45.9 Å². The lowest BCUT2D eigenvalue weighted by Crippen LogP contribution is -2.50. The number of pyridine rings is 2. The standard InChI is InChI=1S/C46H34Cl4F6N2O9S/c1-25(43(62,45(51,52)53)30-15-17-57-39(49)20-30)35-14-10-33(23-38(35)48)67-68(63,64)34-11-7-29(8-12-34)42(61)66-44(46(54,55)56,31-16-18-58-40(50)21-31)26(2)36-13-9-32(22-37(36)47)65-24-28-5-3-27(4-6-28)19-41(59)60/h3-18,20-23,25-26,62H,19,24H2,1-2H3,(H,59,60). The zero-order valence-electron chi connectivity index (χ0n) is 35.0. The van der Waals surface area contributed by atoms with Crippen LogP contribution < -0.4 is 8.92 Å². The van der Waals surface area contributed by atoms with Crippen molar-refractivity contribution >= 4 is 68.5 Å². The number of carboxylic acid groups (broad SMARTS) is 1. The van der Waals surface area contributed by atoms with Crippen molar-refractivity contribution in [2.24, 2.45) is 0 Å². The highest BCUT2D eigenvalue weighted by atomic mass is 35.5. The number of halogens is 10. The third-order valence-electron chi connectivity index (χ3n) is 10.9. The summed E-state index contributed by atoms with van der Waals surface area (Å²) in [5.74, 6) is -6.44. The first-order valence-electron chi connectivity index (χ1n) is 19.7. The predicted molar refractivity (Wildman–Crippen MR) is 238 cm³/mol. The summed E-state index contributed by atoms with van der Waals surface area (Å²) in [4.78, 5) is 31.6. The average molecular weight is 1050 g/mol. The fraction of sp³-hybridized carbons (Fsp3) is 0.217. The van der Waals surface area contributed by atoms with Gasteiger partial charge in [-0.1, -0.05) is 96.6 Å². The average Bonchev–Trinajstić information content (AvgIpc) is 3.26. The summed E-state index contributed by atoms with van der Waals surface area (Å²) in [6, 6.07) is 20.3. The number of aromatic nitrogens is 2. The van der Waals surface area contributed by atoms with Crippen LogP contribution in [0.4, 0.5) is 26.3 Å². The Kier molecular flexibility index (Phi) is 15.3. The number of aliphatic carboxylic acids is 1. The maximum atomic E-state index is 15.7. The molecule has 6 aromatic rings. The van der Waals surface area contributed by atoms with Gasteiger partial charge in [-0.2, -0.15) is 34.8 Å². The Morgan fingerprint density at radius 2 is 1.18 bits per heavy atom. The van der Waals surface area contributed by atoms with Gasteiger partial charge in [0.1, 0.15) is 33.3 Å². The molecule has 0 saturated heterocycles. The normalized spacial score (nSPS) is 14.8. The number of carbonyl (C=O) groups excluding carboxylic acids is 1. The molecule has 0 aliphatic rings. The molecule has 11 nitrogen and oxygen atoms in total. The second-order valence-corrected chi connectivity index (χ2v) is 18.3. The second-order valence-electron chi connectivity index (χ2n) is 15.2. The van der Waals surface area contributed by atoms with E-state index >= 15 is 13.2 Å². The lowest BCUT2D eigenvalue weighted by molar-refractivity contribution is -0.274. The Morgan fingerprint density at radius 1 is 0.662 bits per heavy atom. The summed E-state index contributed by atoms with van der Waals surface area (Å²) >= 11 is 24.8. The molecule has 0 bridgehead atoms. The number of rotatable bonds is 16. The molecule has 2 N–H and O–H groups in total. The topological polar surface area (TPSA) is 162 Å². The number of hydrogen-bond donors (Lipinski definition) is 2. The van der Waals surface area contributed by atoms with E-state index in [0.717, 1.165) is 93.0 Å². The number of hydrogen-bond acceptors (Lipinski definition) is 10. The molecule has 68 heavy (non-hydrogen) atoms. The molecule has 2 heterocycles. The van der Waals surface area contributed by atoms with E-state index in [-0.39, 0.29) is 45.2 Å². The number of benzene rings is 4. The van der Waals surface area contributed by atoms with E-state index in [1.165, 1.54) is 18.2 Å². The van der Waals surface area contributed by atoms with Crippen LogP contribution in [0, 0.1) is 0 Å². The van der Waals surface area contributed by atoms with Gasteiger partial charge in [-0.25, -0.2) is 14.8 Å². The van der Waals surface area contributed by atoms with E-state index in [2.05, 4.69) is 9.97 Å². The summed E-state index contributed by atoms with van der Waals surface area (Å²) in [6.45, 7) is 2.16. The van der Waals surface area contributed by atoms with Gasteiger partial charge in [-0.05, 0) is 94.5 Å². The molecular formula is C46H34Cl4F6N2O9S. The van der Waals surface area contributed by atoms with Crippen LogP contribution in [0.2, 0.25) is 20.4 Å². The molecule has 0 radical (unpaired) electrons. The van der Waals surface area contributed by atoms with Crippen LogP contribution in [-0.2, 0) is 43.9 Å². The largest absolute Gasteiger partial charge is 0.489 e. The molecule has 0 fully saturated rings. The van der Waals surface area contributed by atoms with Crippen LogP contribution in [-0.4, -0.2) is 52.9 Å². The van der Waals surface area contributed by atoms with Gasteiger partial charge in [0.15, 0.2) is 5.60 Å². The van der Waals surface area contributed by atoms with Crippen LogP contribution >= 0.6 is 46.4 Å².